The lowest BCUT2D eigenvalue weighted by molar-refractivity contribution is -0.114. The van der Waals surface area contributed by atoms with Crippen molar-refractivity contribution in [3.05, 3.63) is 60.9 Å². The summed E-state index contributed by atoms with van der Waals surface area (Å²) in [7, 11) is 3.10. The number of amides is 1. The van der Waals surface area contributed by atoms with Gasteiger partial charge in [0.2, 0.25) is 0 Å². The van der Waals surface area contributed by atoms with E-state index in [1.165, 1.54) is 11.6 Å². The van der Waals surface area contributed by atoms with Crippen molar-refractivity contribution in [2.24, 2.45) is 4.99 Å². The van der Waals surface area contributed by atoms with Gasteiger partial charge in [0.25, 0.3) is 5.91 Å². The lowest BCUT2D eigenvalue weighted by Crippen LogP contribution is -2.25. The molecule has 1 rings (SSSR count). The number of nitrogens with one attached hydrogen (secondary N) is 1. The van der Waals surface area contributed by atoms with Crippen molar-refractivity contribution in [2.75, 3.05) is 20.7 Å². The smallest absolute Gasteiger partial charge is 0.269 e. The van der Waals surface area contributed by atoms with E-state index in [1.807, 2.05) is 0 Å². The van der Waals surface area contributed by atoms with Crippen LogP contribution in [0.5, 0.6) is 0 Å². The molecule has 0 saturated carbocycles. The van der Waals surface area contributed by atoms with Crippen LogP contribution >= 0.6 is 0 Å². The number of rotatable bonds is 5. The molecule has 4 nitrogen and oxygen atoms in total. The number of allylic oxidation sites excluding steroid dienone is 5. The maximum Gasteiger partial charge on any atom is 0.269 e. The molecule has 0 aromatic carbocycles. The standard InChI is InChI=1S/C11H14O.C6H10N2O/c1-3-8-12-11-7-5-4-6-10(2)9-11;1-4-5(7-2)6(9)8-3/h3-6,9H,1,7-8H2,2H3;4H,1H2,2-3H3,(H,8,9). The molecule has 0 radical (unpaired) electrons. The van der Waals surface area contributed by atoms with E-state index in [1.54, 1.807) is 20.2 Å². The van der Waals surface area contributed by atoms with Crippen molar-refractivity contribution >= 4 is 11.6 Å². The average Bonchev–Trinajstić information content (AvgIpc) is 2.71. The number of carbonyl (C=O) groups excluding carboxylic acids is 1. The van der Waals surface area contributed by atoms with Gasteiger partial charge in [-0.3, -0.25) is 9.79 Å². The number of aliphatic imine (C=N–C) groups is 1. The largest absolute Gasteiger partial charge is 0.494 e. The third kappa shape index (κ3) is 8.42. The first-order valence-electron chi connectivity index (χ1n) is 6.68. The first-order chi connectivity index (χ1) is 10.1. The van der Waals surface area contributed by atoms with E-state index in [0.29, 0.717) is 12.3 Å². The molecule has 0 fully saturated rings. The van der Waals surface area contributed by atoms with E-state index < -0.39 is 0 Å². The average molecular weight is 288 g/mol. The molecule has 21 heavy (non-hydrogen) atoms. The van der Waals surface area contributed by atoms with Crippen LogP contribution in [-0.2, 0) is 9.53 Å². The molecule has 1 amide bonds. The predicted octanol–water partition coefficient (Wildman–Crippen LogP) is 2.97. The zero-order valence-electron chi connectivity index (χ0n) is 13.1. The lowest BCUT2D eigenvalue weighted by atomic mass is 10.2. The van der Waals surface area contributed by atoms with Crippen LogP contribution in [0.15, 0.2) is 65.9 Å². The number of hydrogen-bond acceptors (Lipinski definition) is 3. The minimum Gasteiger partial charge on any atom is -0.494 e. The fraction of sp³-hybridized carbons (Fsp3) is 0.294. The zero-order valence-corrected chi connectivity index (χ0v) is 13.1. The fourth-order valence-electron chi connectivity index (χ4n) is 1.45. The Bertz CT molecular complexity index is 483. The molecule has 0 saturated heterocycles. The molecule has 114 valence electrons. The summed E-state index contributed by atoms with van der Waals surface area (Å²) in [6, 6.07) is 0. The van der Waals surface area contributed by atoms with Crippen LogP contribution in [-0.4, -0.2) is 32.3 Å². The highest BCUT2D eigenvalue weighted by Crippen LogP contribution is 2.12. The number of carbonyl (C=O) groups is 1. The van der Waals surface area contributed by atoms with E-state index in [0.717, 1.165) is 12.2 Å². The lowest BCUT2D eigenvalue weighted by Gasteiger charge is -2.04. The van der Waals surface area contributed by atoms with Crippen molar-refractivity contribution in [1.29, 1.82) is 0 Å². The molecule has 0 bridgehead atoms. The molecular weight excluding hydrogens is 264 g/mol. The summed E-state index contributed by atoms with van der Waals surface area (Å²) in [6.45, 7) is 9.66. The maximum absolute atomic E-state index is 10.7. The Kier molecular flexibility index (Phi) is 10.2. The van der Waals surface area contributed by atoms with E-state index in [-0.39, 0.29) is 5.91 Å². The topological polar surface area (TPSA) is 50.7 Å². The Labute approximate surface area is 127 Å². The van der Waals surface area contributed by atoms with Crippen LogP contribution in [0.4, 0.5) is 0 Å². The minimum atomic E-state index is -0.201. The number of ether oxygens (including phenoxy) is 1. The first-order valence-corrected chi connectivity index (χ1v) is 6.68. The van der Waals surface area contributed by atoms with Crippen molar-refractivity contribution in [1.82, 2.24) is 5.32 Å². The quantitative estimate of drug-likeness (QED) is 0.624. The molecular formula is C17H24N2O2. The van der Waals surface area contributed by atoms with Gasteiger partial charge in [0, 0.05) is 20.5 Å². The molecule has 0 spiro atoms. The summed E-state index contributed by atoms with van der Waals surface area (Å²) >= 11 is 0. The van der Waals surface area contributed by atoms with E-state index in [9.17, 15) is 4.79 Å². The van der Waals surface area contributed by atoms with E-state index in [2.05, 4.69) is 54.7 Å². The second-order valence-corrected chi connectivity index (χ2v) is 4.15. The Morgan fingerprint density at radius 2 is 2.24 bits per heavy atom. The van der Waals surface area contributed by atoms with Gasteiger partial charge < -0.3 is 10.1 Å². The highest BCUT2D eigenvalue weighted by Gasteiger charge is 2.00. The Balaban J connectivity index is 0.000000400. The number of hydrogen-bond donors (Lipinski definition) is 1. The highest BCUT2D eigenvalue weighted by molar-refractivity contribution is 6.43. The van der Waals surface area contributed by atoms with Gasteiger partial charge in [-0.25, -0.2) is 0 Å². The van der Waals surface area contributed by atoms with Crippen molar-refractivity contribution < 1.29 is 9.53 Å². The Hall–Kier alpha value is -2.36. The summed E-state index contributed by atoms with van der Waals surface area (Å²) in [4.78, 5) is 14.3. The molecule has 0 unspecified atom stereocenters. The van der Waals surface area contributed by atoms with Gasteiger partial charge in [-0.15, -0.1) is 0 Å². The predicted molar refractivity (Wildman–Crippen MR) is 89.4 cm³/mol. The van der Waals surface area contributed by atoms with Crippen molar-refractivity contribution in [3.63, 3.8) is 0 Å². The highest BCUT2D eigenvalue weighted by atomic mass is 16.5. The molecule has 0 aromatic rings. The van der Waals surface area contributed by atoms with Crippen LogP contribution < -0.4 is 5.32 Å². The molecule has 0 heterocycles. The molecule has 0 aromatic heterocycles. The monoisotopic (exact) mass is 288 g/mol. The van der Waals surface area contributed by atoms with Crippen LogP contribution in [0.2, 0.25) is 0 Å². The summed E-state index contributed by atoms with van der Waals surface area (Å²) in [6.07, 6.45) is 12.3. The summed E-state index contributed by atoms with van der Waals surface area (Å²) < 4.78 is 5.43. The zero-order chi connectivity index (χ0) is 16.1. The summed E-state index contributed by atoms with van der Waals surface area (Å²) in [5, 5.41) is 2.43. The Morgan fingerprint density at radius 1 is 1.52 bits per heavy atom. The van der Waals surface area contributed by atoms with Crippen LogP contribution in [0.3, 0.4) is 0 Å². The van der Waals surface area contributed by atoms with Gasteiger partial charge in [-0.1, -0.05) is 37.5 Å². The van der Waals surface area contributed by atoms with Crippen LogP contribution in [0.1, 0.15) is 13.3 Å². The minimum absolute atomic E-state index is 0.201. The van der Waals surface area contributed by atoms with E-state index in [4.69, 9.17) is 4.74 Å². The van der Waals surface area contributed by atoms with Gasteiger partial charge in [0.05, 0.1) is 0 Å². The van der Waals surface area contributed by atoms with Gasteiger partial charge in [-0.05, 0) is 24.6 Å². The maximum atomic E-state index is 10.7. The van der Waals surface area contributed by atoms with Crippen molar-refractivity contribution in [2.45, 2.75) is 13.3 Å². The van der Waals surface area contributed by atoms with Crippen LogP contribution in [0.25, 0.3) is 0 Å². The molecule has 1 aliphatic rings. The second kappa shape index (κ2) is 11.5. The third-order valence-corrected chi connectivity index (χ3v) is 2.48. The van der Waals surface area contributed by atoms with Gasteiger partial charge in [0.15, 0.2) is 0 Å². The van der Waals surface area contributed by atoms with E-state index >= 15 is 0 Å². The Morgan fingerprint density at radius 3 is 2.71 bits per heavy atom. The van der Waals surface area contributed by atoms with Gasteiger partial charge in [0.1, 0.15) is 18.1 Å². The molecule has 4 heteroatoms. The third-order valence-electron chi connectivity index (χ3n) is 2.48. The summed E-state index contributed by atoms with van der Waals surface area (Å²) in [5.74, 6) is 0.810. The van der Waals surface area contributed by atoms with Crippen LogP contribution in [0, 0.1) is 0 Å². The molecule has 0 aliphatic heterocycles. The van der Waals surface area contributed by atoms with Gasteiger partial charge >= 0.3 is 0 Å². The first kappa shape index (κ1) is 18.6. The fourth-order valence-corrected chi connectivity index (χ4v) is 1.45. The SMILES string of the molecule is C=CC(=NC)C(=O)NC.C=CCOC1=CC(C)=CC=CC1. The van der Waals surface area contributed by atoms with Gasteiger partial charge in [-0.2, -0.15) is 0 Å². The second-order valence-electron chi connectivity index (χ2n) is 4.15. The normalized spacial score (nSPS) is 13.8. The summed E-state index contributed by atoms with van der Waals surface area (Å²) in [5.41, 5.74) is 1.58. The molecule has 0 atom stereocenters. The van der Waals surface area contributed by atoms with Crippen molar-refractivity contribution in [3.8, 4) is 0 Å². The molecule has 1 N–H and O–H groups in total. The molecule has 1 aliphatic carbocycles. The number of nitrogens with zero attached hydrogens (tertiary/aromatic N) is 1.